The average molecular weight is 469 g/mol. The fourth-order valence-electron chi connectivity index (χ4n) is 3.31. The summed E-state index contributed by atoms with van der Waals surface area (Å²) in [7, 11) is -3.82. The standard InChI is InChI=1S/C20H22F3N5O3S/c1-11(26-10-25-9-24)19-27-15-4-3-5-16(32(2,30)31)17(15)20(29)28(19)14-7-12(18(22)23)6-13(21)8-14/h3-8,11,18,25-26H,9-10,24H2,1-2H3. The van der Waals surface area contributed by atoms with Crippen molar-refractivity contribution in [2.24, 2.45) is 5.73 Å². The summed E-state index contributed by atoms with van der Waals surface area (Å²) in [5, 5.41) is 5.65. The van der Waals surface area contributed by atoms with Crippen LogP contribution in [0.2, 0.25) is 0 Å². The SMILES string of the molecule is CC(NCNCN)c1nc2cccc(S(C)(=O)=O)c2c(=O)n1-c1cc(F)cc(C(F)F)c1. The average Bonchev–Trinajstić information content (AvgIpc) is 2.72. The van der Waals surface area contributed by atoms with Crippen molar-refractivity contribution in [3.63, 3.8) is 0 Å². The third-order valence-electron chi connectivity index (χ3n) is 4.76. The van der Waals surface area contributed by atoms with Gasteiger partial charge in [-0.1, -0.05) is 6.07 Å². The van der Waals surface area contributed by atoms with Gasteiger partial charge in [0.15, 0.2) is 9.84 Å². The molecule has 0 bridgehead atoms. The summed E-state index contributed by atoms with van der Waals surface area (Å²) in [6, 6.07) is 6.12. The first kappa shape index (κ1) is 23.9. The molecule has 8 nitrogen and oxygen atoms in total. The van der Waals surface area contributed by atoms with E-state index >= 15 is 0 Å². The Kier molecular flexibility index (Phi) is 6.98. The highest BCUT2D eigenvalue weighted by atomic mass is 32.2. The molecule has 0 saturated carbocycles. The van der Waals surface area contributed by atoms with E-state index in [1.54, 1.807) is 6.92 Å². The molecule has 32 heavy (non-hydrogen) atoms. The Labute approximate surface area is 182 Å². The van der Waals surface area contributed by atoms with Crippen LogP contribution in [0.5, 0.6) is 0 Å². The van der Waals surface area contributed by atoms with Gasteiger partial charge in [0, 0.05) is 25.2 Å². The number of aromatic nitrogens is 2. The molecule has 2 aromatic carbocycles. The summed E-state index contributed by atoms with van der Waals surface area (Å²) in [6.07, 6.45) is -2.04. The number of fused-ring (bicyclic) bond motifs is 1. The number of rotatable bonds is 8. The number of nitrogens with two attached hydrogens (primary N) is 1. The molecular weight excluding hydrogens is 447 g/mol. The number of halogens is 3. The maximum absolute atomic E-state index is 14.2. The normalized spacial score (nSPS) is 13.1. The van der Waals surface area contributed by atoms with E-state index in [1.807, 2.05) is 0 Å². The highest BCUT2D eigenvalue weighted by Crippen LogP contribution is 2.26. The van der Waals surface area contributed by atoms with Gasteiger partial charge in [-0.05, 0) is 37.3 Å². The van der Waals surface area contributed by atoms with Crippen LogP contribution in [0.3, 0.4) is 0 Å². The summed E-state index contributed by atoms with van der Waals surface area (Å²) in [6.45, 7) is 2.08. The lowest BCUT2D eigenvalue weighted by Gasteiger charge is -2.21. The maximum Gasteiger partial charge on any atom is 0.267 e. The van der Waals surface area contributed by atoms with Crippen molar-refractivity contribution in [3.05, 3.63) is 64.0 Å². The molecule has 0 spiro atoms. The molecule has 0 radical (unpaired) electrons. The van der Waals surface area contributed by atoms with Crippen LogP contribution in [0, 0.1) is 5.82 Å². The minimum Gasteiger partial charge on any atom is -0.318 e. The molecule has 1 unspecified atom stereocenters. The number of hydrogen-bond donors (Lipinski definition) is 3. The molecule has 12 heteroatoms. The van der Waals surface area contributed by atoms with Gasteiger partial charge in [0.1, 0.15) is 11.6 Å². The van der Waals surface area contributed by atoms with Crippen LogP contribution in [0.1, 0.15) is 30.8 Å². The van der Waals surface area contributed by atoms with E-state index in [4.69, 9.17) is 5.73 Å². The number of benzene rings is 2. The van der Waals surface area contributed by atoms with Gasteiger partial charge < -0.3 is 5.73 Å². The van der Waals surface area contributed by atoms with Gasteiger partial charge in [0.05, 0.1) is 27.5 Å². The quantitative estimate of drug-likeness (QED) is 0.341. The number of sulfone groups is 1. The van der Waals surface area contributed by atoms with Gasteiger partial charge in [-0.15, -0.1) is 0 Å². The van der Waals surface area contributed by atoms with E-state index in [-0.39, 0.29) is 40.6 Å². The van der Waals surface area contributed by atoms with E-state index in [0.29, 0.717) is 6.07 Å². The topological polar surface area (TPSA) is 119 Å². The molecule has 4 N–H and O–H groups in total. The second-order valence-electron chi connectivity index (χ2n) is 7.13. The number of nitrogens with zero attached hydrogens (tertiary/aromatic N) is 2. The second kappa shape index (κ2) is 9.36. The predicted molar refractivity (Wildman–Crippen MR) is 114 cm³/mol. The largest absolute Gasteiger partial charge is 0.318 e. The molecule has 1 atom stereocenters. The van der Waals surface area contributed by atoms with Crippen molar-refractivity contribution in [2.45, 2.75) is 24.3 Å². The molecule has 0 saturated heterocycles. The van der Waals surface area contributed by atoms with Gasteiger partial charge in [0.25, 0.3) is 12.0 Å². The van der Waals surface area contributed by atoms with E-state index in [1.165, 1.54) is 18.2 Å². The van der Waals surface area contributed by atoms with Crippen LogP contribution in [0.4, 0.5) is 13.2 Å². The molecule has 1 heterocycles. The van der Waals surface area contributed by atoms with E-state index < -0.39 is 39.2 Å². The van der Waals surface area contributed by atoms with Crippen LogP contribution >= 0.6 is 0 Å². The third-order valence-corrected chi connectivity index (χ3v) is 5.90. The first-order chi connectivity index (χ1) is 15.0. The van der Waals surface area contributed by atoms with Gasteiger partial charge in [-0.2, -0.15) is 0 Å². The van der Waals surface area contributed by atoms with Gasteiger partial charge in [-0.3, -0.25) is 20.0 Å². The van der Waals surface area contributed by atoms with E-state index in [2.05, 4.69) is 15.6 Å². The maximum atomic E-state index is 14.2. The Morgan fingerprint density at radius 1 is 1.22 bits per heavy atom. The van der Waals surface area contributed by atoms with Gasteiger partial charge >= 0.3 is 0 Å². The Balaban J connectivity index is 2.39. The lowest BCUT2D eigenvalue weighted by Crippen LogP contribution is -2.37. The van der Waals surface area contributed by atoms with Crippen molar-refractivity contribution >= 4 is 20.7 Å². The molecule has 3 aromatic rings. The summed E-state index contributed by atoms with van der Waals surface area (Å²) in [5.41, 5.74) is 3.86. The number of alkyl halides is 2. The first-order valence-electron chi connectivity index (χ1n) is 9.53. The van der Waals surface area contributed by atoms with Crippen molar-refractivity contribution in [2.75, 3.05) is 19.6 Å². The van der Waals surface area contributed by atoms with Crippen molar-refractivity contribution < 1.29 is 21.6 Å². The molecule has 0 aliphatic carbocycles. The van der Waals surface area contributed by atoms with Crippen LogP contribution in [0.15, 0.2) is 46.1 Å². The number of hydrogen-bond acceptors (Lipinski definition) is 7. The predicted octanol–water partition coefficient (Wildman–Crippen LogP) is 1.98. The summed E-state index contributed by atoms with van der Waals surface area (Å²) in [5.74, 6) is -0.893. The van der Waals surface area contributed by atoms with Gasteiger partial charge in [-0.25, -0.2) is 26.6 Å². The molecule has 0 fully saturated rings. The fourth-order valence-corrected chi connectivity index (χ4v) is 4.19. The van der Waals surface area contributed by atoms with Crippen molar-refractivity contribution in [1.82, 2.24) is 20.2 Å². The van der Waals surface area contributed by atoms with Crippen LogP contribution in [-0.4, -0.2) is 37.6 Å². The first-order valence-corrected chi connectivity index (χ1v) is 11.4. The van der Waals surface area contributed by atoms with E-state index in [0.717, 1.165) is 23.0 Å². The molecule has 172 valence electrons. The monoisotopic (exact) mass is 469 g/mol. The third kappa shape index (κ3) is 4.83. The highest BCUT2D eigenvalue weighted by molar-refractivity contribution is 7.91. The van der Waals surface area contributed by atoms with Crippen LogP contribution in [-0.2, 0) is 9.84 Å². The Bertz CT molecular complexity index is 1310. The van der Waals surface area contributed by atoms with Gasteiger partial charge in [0.2, 0.25) is 0 Å². The zero-order valence-electron chi connectivity index (χ0n) is 17.3. The van der Waals surface area contributed by atoms with Crippen LogP contribution in [0.25, 0.3) is 16.6 Å². The minimum atomic E-state index is -3.82. The van der Waals surface area contributed by atoms with Crippen molar-refractivity contribution in [3.8, 4) is 5.69 Å². The van der Waals surface area contributed by atoms with E-state index in [9.17, 15) is 26.4 Å². The Hall–Kier alpha value is -2.80. The summed E-state index contributed by atoms with van der Waals surface area (Å²) >= 11 is 0. The minimum absolute atomic E-state index is 0.0813. The molecule has 3 rings (SSSR count). The Morgan fingerprint density at radius 2 is 1.94 bits per heavy atom. The van der Waals surface area contributed by atoms with Crippen LogP contribution < -0.4 is 21.9 Å². The molecule has 1 aromatic heterocycles. The second-order valence-corrected chi connectivity index (χ2v) is 9.12. The molecular formula is C20H22F3N5O3S. The molecule has 0 amide bonds. The summed E-state index contributed by atoms with van der Waals surface area (Å²) in [4.78, 5) is 17.7. The smallest absolute Gasteiger partial charge is 0.267 e. The lowest BCUT2D eigenvalue weighted by atomic mass is 10.1. The zero-order chi connectivity index (χ0) is 23.6. The number of nitrogens with one attached hydrogen (secondary N) is 2. The zero-order valence-corrected chi connectivity index (χ0v) is 18.1. The highest BCUT2D eigenvalue weighted by Gasteiger charge is 2.23. The molecule has 0 aliphatic heterocycles. The lowest BCUT2D eigenvalue weighted by molar-refractivity contribution is 0.151. The summed E-state index contributed by atoms with van der Waals surface area (Å²) < 4.78 is 66.3. The fraction of sp³-hybridized carbons (Fsp3) is 0.300. The Morgan fingerprint density at radius 3 is 2.56 bits per heavy atom. The molecule has 0 aliphatic rings. The van der Waals surface area contributed by atoms with Crippen molar-refractivity contribution in [1.29, 1.82) is 0 Å².